The fourth-order valence-electron chi connectivity index (χ4n) is 3.20. The predicted octanol–water partition coefficient (Wildman–Crippen LogP) is 1.27. The van der Waals surface area contributed by atoms with Gasteiger partial charge in [-0.1, -0.05) is 6.07 Å². The van der Waals surface area contributed by atoms with Crippen LogP contribution in [0.25, 0.3) is 0 Å². The number of nitrogens with two attached hydrogens (primary N) is 1. The number of nitrogen functional groups attached to an aromatic ring is 1. The lowest BCUT2D eigenvalue weighted by atomic mass is 9.99. The van der Waals surface area contributed by atoms with E-state index < -0.39 is 0 Å². The van der Waals surface area contributed by atoms with Crippen molar-refractivity contribution in [3.05, 3.63) is 23.8 Å². The van der Waals surface area contributed by atoms with Crippen molar-refractivity contribution in [1.82, 2.24) is 4.90 Å². The Hall–Kier alpha value is -1.75. The van der Waals surface area contributed by atoms with Gasteiger partial charge in [-0.15, -0.1) is 0 Å². The maximum absolute atomic E-state index is 12.7. The van der Waals surface area contributed by atoms with Gasteiger partial charge in [-0.2, -0.15) is 0 Å². The number of hydrogen-bond acceptors (Lipinski definition) is 4. The Labute approximate surface area is 125 Å². The van der Waals surface area contributed by atoms with E-state index in [0.717, 1.165) is 30.8 Å². The van der Waals surface area contributed by atoms with Gasteiger partial charge < -0.3 is 20.3 Å². The first-order chi connectivity index (χ1) is 10.2. The third kappa shape index (κ3) is 2.83. The number of hydrogen-bond donors (Lipinski definition) is 1. The summed E-state index contributed by atoms with van der Waals surface area (Å²) in [4.78, 5) is 16.8. The van der Waals surface area contributed by atoms with Crippen LogP contribution in [0.1, 0.15) is 18.9 Å². The van der Waals surface area contributed by atoms with Crippen LogP contribution in [0.15, 0.2) is 18.2 Å². The average molecular weight is 289 g/mol. The van der Waals surface area contributed by atoms with Crippen molar-refractivity contribution >= 4 is 17.3 Å². The van der Waals surface area contributed by atoms with Gasteiger partial charge in [0.2, 0.25) is 5.91 Å². The van der Waals surface area contributed by atoms with Crippen molar-refractivity contribution < 1.29 is 9.53 Å². The van der Waals surface area contributed by atoms with Gasteiger partial charge in [0.25, 0.3) is 0 Å². The Kier molecular flexibility index (Phi) is 4.01. The summed E-state index contributed by atoms with van der Waals surface area (Å²) < 4.78 is 5.32. The minimum absolute atomic E-state index is 0.149. The van der Waals surface area contributed by atoms with E-state index in [-0.39, 0.29) is 11.9 Å². The molecule has 1 fully saturated rings. The molecule has 2 aliphatic rings. The molecule has 1 unspecified atom stereocenters. The summed E-state index contributed by atoms with van der Waals surface area (Å²) in [6.45, 7) is 5.58. The Morgan fingerprint density at radius 3 is 2.81 bits per heavy atom. The van der Waals surface area contributed by atoms with Gasteiger partial charge in [-0.3, -0.25) is 4.79 Å². The average Bonchev–Trinajstić information content (AvgIpc) is 2.53. The van der Waals surface area contributed by atoms with Gasteiger partial charge >= 0.3 is 0 Å². The van der Waals surface area contributed by atoms with E-state index in [9.17, 15) is 4.79 Å². The summed E-state index contributed by atoms with van der Waals surface area (Å²) in [6, 6.07) is 5.88. The lowest BCUT2D eigenvalue weighted by Gasteiger charge is -2.38. The quantitative estimate of drug-likeness (QED) is 0.833. The zero-order valence-electron chi connectivity index (χ0n) is 12.5. The van der Waals surface area contributed by atoms with Crippen molar-refractivity contribution in [2.24, 2.45) is 0 Å². The molecule has 0 radical (unpaired) electrons. The predicted molar refractivity (Wildman–Crippen MR) is 83.4 cm³/mol. The number of anilines is 2. The molecule has 2 N–H and O–H groups in total. The number of benzene rings is 1. The molecule has 1 saturated heterocycles. The first kappa shape index (κ1) is 14.2. The maximum atomic E-state index is 12.7. The highest BCUT2D eigenvalue weighted by atomic mass is 16.5. The highest BCUT2D eigenvalue weighted by Crippen LogP contribution is 2.31. The molecule has 0 saturated carbocycles. The molecular formula is C16H23N3O2. The number of morpholine rings is 1. The second-order valence-corrected chi connectivity index (χ2v) is 5.80. The summed E-state index contributed by atoms with van der Waals surface area (Å²) in [5, 5.41) is 0. The van der Waals surface area contributed by atoms with Gasteiger partial charge in [0.05, 0.1) is 13.2 Å². The van der Waals surface area contributed by atoms with Gasteiger partial charge in [0, 0.05) is 31.0 Å². The van der Waals surface area contributed by atoms with Crippen molar-refractivity contribution in [2.45, 2.75) is 25.8 Å². The van der Waals surface area contributed by atoms with Crippen LogP contribution >= 0.6 is 0 Å². The van der Waals surface area contributed by atoms with Gasteiger partial charge in [-0.05, 0) is 37.5 Å². The van der Waals surface area contributed by atoms with Crippen molar-refractivity contribution in [2.75, 3.05) is 43.5 Å². The lowest BCUT2D eigenvalue weighted by Crippen LogP contribution is -2.51. The first-order valence-electron chi connectivity index (χ1n) is 7.68. The van der Waals surface area contributed by atoms with Crippen LogP contribution in [0.2, 0.25) is 0 Å². The normalized spacial score (nSPS) is 20.0. The Bertz CT molecular complexity index is 526. The van der Waals surface area contributed by atoms with E-state index in [1.165, 1.54) is 5.56 Å². The minimum Gasteiger partial charge on any atom is -0.399 e. The number of aryl methyl sites for hydroxylation is 1. The zero-order chi connectivity index (χ0) is 14.8. The number of fused-ring (bicyclic) bond motifs is 1. The molecule has 1 atom stereocenters. The highest BCUT2D eigenvalue weighted by Gasteiger charge is 2.29. The van der Waals surface area contributed by atoms with E-state index in [1.54, 1.807) is 0 Å². The molecule has 5 nitrogen and oxygen atoms in total. The number of ether oxygens (including phenoxy) is 1. The van der Waals surface area contributed by atoms with E-state index in [0.29, 0.717) is 26.3 Å². The molecule has 3 rings (SSSR count). The Morgan fingerprint density at radius 1 is 1.29 bits per heavy atom. The highest BCUT2D eigenvalue weighted by molar-refractivity contribution is 5.86. The Balaban J connectivity index is 1.80. The minimum atomic E-state index is -0.149. The second-order valence-electron chi connectivity index (χ2n) is 5.80. The number of nitrogens with zero attached hydrogens (tertiary/aromatic N) is 2. The Morgan fingerprint density at radius 2 is 2.05 bits per heavy atom. The largest absolute Gasteiger partial charge is 0.399 e. The van der Waals surface area contributed by atoms with E-state index in [2.05, 4.69) is 11.0 Å². The van der Waals surface area contributed by atoms with Crippen molar-refractivity contribution in [1.29, 1.82) is 0 Å². The fourth-order valence-corrected chi connectivity index (χ4v) is 3.20. The van der Waals surface area contributed by atoms with Crippen LogP contribution in [-0.4, -0.2) is 49.7 Å². The maximum Gasteiger partial charge on any atom is 0.245 e. The summed E-state index contributed by atoms with van der Waals surface area (Å²) in [5.74, 6) is 0.188. The molecule has 1 aromatic rings. The lowest BCUT2D eigenvalue weighted by molar-refractivity contribution is -0.136. The van der Waals surface area contributed by atoms with Crippen LogP contribution in [0.3, 0.4) is 0 Å². The molecule has 0 spiro atoms. The smallest absolute Gasteiger partial charge is 0.245 e. The number of amides is 1. The van der Waals surface area contributed by atoms with Crippen molar-refractivity contribution in [3.8, 4) is 0 Å². The number of carbonyl (C=O) groups is 1. The van der Waals surface area contributed by atoms with E-state index in [1.807, 2.05) is 24.0 Å². The number of carbonyl (C=O) groups excluding carboxylic acids is 1. The molecule has 21 heavy (non-hydrogen) atoms. The summed E-state index contributed by atoms with van der Waals surface area (Å²) in [7, 11) is 0. The molecule has 5 heteroatoms. The van der Waals surface area contributed by atoms with E-state index >= 15 is 0 Å². The molecule has 0 aromatic heterocycles. The summed E-state index contributed by atoms with van der Waals surface area (Å²) >= 11 is 0. The molecule has 0 aliphatic carbocycles. The molecule has 0 bridgehead atoms. The monoisotopic (exact) mass is 289 g/mol. The van der Waals surface area contributed by atoms with Crippen LogP contribution in [0.4, 0.5) is 11.4 Å². The van der Waals surface area contributed by atoms with E-state index in [4.69, 9.17) is 10.5 Å². The molecule has 2 aliphatic heterocycles. The van der Waals surface area contributed by atoms with Crippen LogP contribution in [0.5, 0.6) is 0 Å². The molecule has 1 amide bonds. The van der Waals surface area contributed by atoms with Crippen LogP contribution < -0.4 is 10.6 Å². The standard InChI is InChI=1S/C16H23N3O2/c1-12(16(20)18-7-9-21-10-8-18)19-6-2-3-13-4-5-14(17)11-15(13)19/h4-5,11-12H,2-3,6-10,17H2,1H3. The van der Waals surface area contributed by atoms with Gasteiger partial charge in [0.15, 0.2) is 0 Å². The van der Waals surface area contributed by atoms with Crippen LogP contribution in [0, 0.1) is 0 Å². The first-order valence-corrected chi connectivity index (χ1v) is 7.68. The molecular weight excluding hydrogens is 266 g/mol. The van der Waals surface area contributed by atoms with Gasteiger partial charge in [-0.25, -0.2) is 0 Å². The van der Waals surface area contributed by atoms with Crippen LogP contribution in [-0.2, 0) is 16.0 Å². The SMILES string of the molecule is CC(C(=O)N1CCOCC1)N1CCCc2ccc(N)cc21. The molecule has 1 aromatic carbocycles. The summed E-state index contributed by atoms with van der Waals surface area (Å²) in [6.07, 6.45) is 2.14. The molecule has 2 heterocycles. The zero-order valence-corrected chi connectivity index (χ0v) is 12.5. The third-order valence-electron chi connectivity index (χ3n) is 4.41. The topological polar surface area (TPSA) is 58.8 Å². The fraction of sp³-hybridized carbons (Fsp3) is 0.562. The molecule has 114 valence electrons. The second kappa shape index (κ2) is 5.93. The number of rotatable bonds is 2. The summed E-state index contributed by atoms with van der Waals surface area (Å²) in [5.41, 5.74) is 9.09. The van der Waals surface area contributed by atoms with Gasteiger partial charge in [0.1, 0.15) is 6.04 Å². The van der Waals surface area contributed by atoms with Crippen molar-refractivity contribution in [3.63, 3.8) is 0 Å². The third-order valence-corrected chi connectivity index (χ3v) is 4.41.